The molecular weight excluding hydrogens is 430 g/mol. The minimum Gasteiger partial charge on any atom is -0.497 e. The molecule has 2 rings (SSSR count). The third kappa shape index (κ3) is 6.98. The molecule has 0 saturated heterocycles. The zero-order valence-corrected chi connectivity index (χ0v) is 19.8. The minimum atomic E-state index is -3.53. The van der Waals surface area contributed by atoms with E-state index in [1.54, 1.807) is 31.2 Å². The zero-order chi connectivity index (χ0) is 23.7. The molecular formula is C23H31N3O5S. The molecule has 32 heavy (non-hydrogen) atoms. The number of amides is 2. The smallest absolute Gasteiger partial charge is 0.242 e. The monoisotopic (exact) mass is 461 g/mol. The maximum absolute atomic E-state index is 13.0. The standard InChI is InChI=1S/C23H31N3O5S/c1-18(23(28)24-2)25(17-19-9-6-5-7-10-19)22(27)11-8-16-26(32(4,29)30)20-12-14-21(31-3)15-13-20/h5-7,9-10,12-15,18H,8,11,16-17H2,1-4H3,(H,24,28)/t18-/m1/s1. The van der Waals surface area contributed by atoms with E-state index in [0.717, 1.165) is 11.8 Å². The lowest BCUT2D eigenvalue weighted by molar-refractivity contribution is -0.140. The van der Waals surface area contributed by atoms with Crippen molar-refractivity contribution in [3.8, 4) is 5.75 Å². The van der Waals surface area contributed by atoms with Crippen molar-refractivity contribution < 1.29 is 22.7 Å². The molecule has 0 heterocycles. The van der Waals surface area contributed by atoms with Crippen LogP contribution in [0, 0.1) is 0 Å². The fourth-order valence-electron chi connectivity index (χ4n) is 3.32. The third-order valence-corrected chi connectivity index (χ3v) is 6.32. The second kappa shape index (κ2) is 11.5. The largest absolute Gasteiger partial charge is 0.497 e. The van der Waals surface area contributed by atoms with Crippen LogP contribution in [0.2, 0.25) is 0 Å². The first kappa shape index (κ1) is 25.2. The Morgan fingerprint density at radius 2 is 1.69 bits per heavy atom. The van der Waals surface area contributed by atoms with Crippen LogP contribution in [0.25, 0.3) is 0 Å². The third-order valence-electron chi connectivity index (χ3n) is 5.12. The van der Waals surface area contributed by atoms with Gasteiger partial charge in [0, 0.05) is 26.6 Å². The zero-order valence-electron chi connectivity index (χ0n) is 18.9. The van der Waals surface area contributed by atoms with Gasteiger partial charge in [-0.1, -0.05) is 30.3 Å². The predicted octanol–water partition coefficient (Wildman–Crippen LogP) is 2.40. The van der Waals surface area contributed by atoms with Crippen molar-refractivity contribution in [2.24, 2.45) is 0 Å². The van der Waals surface area contributed by atoms with E-state index >= 15 is 0 Å². The average Bonchev–Trinajstić information content (AvgIpc) is 2.79. The lowest BCUT2D eigenvalue weighted by Gasteiger charge is -2.29. The summed E-state index contributed by atoms with van der Waals surface area (Å²) in [6.45, 7) is 2.12. The van der Waals surface area contributed by atoms with Crippen LogP contribution < -0.4 is 14.4 Å². The van der Waals surface area contributed by atoms with Gasteiger partial charge in [0.2, 0.25) is 21.8 Å². The Hall–Kier alpha value is -3.07. The number of likely N-dealkylation sites (N-methyl/N-ethyl adjacent to an activating group) is 1. The van der Waals surface area contributed by atoms with E-state index in [-0.39, 0.29) is 24.8 Å². The maximum Gasteiger partial charge on any atom is 0.242 e. The number of anilines is 1. The Kier molecular flexibility index (Phi) is 9.07. The normalized spacial score (nSPS) is 12.0. The van der Waals surface area contributed by atoms with Gasteiger partial charge in [-0.2, -0.15) is 0 Å². The van der Waals surface area contributed by atoms with Crippen molar-refractivity contribution in [3.05, 3.63) is 60.2 Å². The number of rotatable bonds is 11. The first-order valence-corrected chi connectivity index (χ1v) is 12.2. The van der Waals surface area contributed by atoms with Crippen LogP contribution in [0.5, 0.6) is 5.75 Å². The SMILES string of the molecule is CNC(=O)[C@@H](C)N(Cc1ccccc1)C(=O)CCCN(c1ccc(OC)cc1)S(C)(=O)=O. The molecule has 0 unspecified atom stereocenters. The van der Waals surface area contributed by atoms with Crippen molar-refractivity contribution in [2.45, 2.75) is 32.4 Å². The van der Waals surface area contributed by atoms with E-state index in [1.165, 1.54) is 23.4 Å². The summed E-state index contributed by atoms with van der Waals surface area (Å²) in [4.78, 5) is 26.7. The molecule has 0 aromatic heterocycles. The molecule has 0 aliphatic heterocycles. The predicted molar refractivity (Wildman–Crippen MR) is 125 cm³/mol. The lowest BCUT2D eigenvalue weighted by Crippen LogP contribution is -2.46. The second-order valence-corrected chi connectivity index (χ2v) is 9.34. The second-order valence-electron chi connectivity index (χ2n) is 7.43. The number of nitrogens with one attached hydrogen (secondary N) is 1. The first-order valence-electron chi connectivity index (χ1n) is 10.3. The van der Waals surface area contributed by atoms with Gasteiger partial charge in [0.25, 0.3) is 0 Å². The molecule has 1 N–H and O–H groups in total. The Balaban J connectivity index is 2.11. The van der Waals surface area contributed by atoms with Crippen molar-refractivity contribution in [2.75, 3.05) is 31.3 Å². The first-order chi connectivity index (χ1) is 15.2. The van der Waals surface area contributed by atoms with Crippen LogP contribution in [0.4, 0.5) is 5.69 Å². The summed E-state index contributed by atoms with van der Waals surface area (Å²) in [7, 11) is -0.466. The molecule has 0 fully saturated rings. The summed E-state index contributed by atoms with van der Waals surface area (Å²) < 4.78 is 31.0. The molecule has 2 amide bonds. The molecule has 0 aliphatic rings. The number of sulfonamides is 1. The quantitative estimate of drug-likeness (QED) is 0.554. The van der Waals surface area contributed by atoms with E-state index in [4.69, 9.17) is 4.74 Å². The van der Waals surface area contributed by atoms with E-state index in [1.807, 2.05) is 30.3 Å². The highest BCUT2D eigenvalue weighted by atomic mass is 32.2. The highest BCUT2D eigenvalue weighted by molar-refractivity contribution is 7.92. The fourth-order valence-corrected chi connectivity index (χ4v) is 4.29. The number of hydrogen-bond acceptors (Lipinski definition) is 5. The Morgan fingerprint density at radius 3 is 2.22 bits per heavy atom. The molecule has 8 nitrogen and oxygen atoms in total. The summed E-state index contributed by atoms with van der Waals surface area (Å²) in [5.74, 6) is 0.149. The average molecular weight is 462 g/mol. The van der Waals surface area contributed by atoms with Gasteiger partial charge in [0.15, 0.2) is 0 Å². The van der Waals surface area contributed by atoms with Crippen LogP contribution >= 0.6 is 0 Å². The van der Waals surface area contributed by atoms with E-state index in [2.05, 4.69) is 5.32 Å². The maximum atomic E-state index is 13.0. The molecule has 2 aromatic carbocycles. The van der Waals surface area contributed by atoms with Crippen LogP contribution in [0.3, 0.4) is 0 Å². The van der Waals surface area contributed by atoms with Crippen LogP contribution in [0.15, 0.2) is 54.6 Å². The topological polar surface area (TPSA) is 96.0 Å². The number of carbonyl (C=O) groups excluding carboxylic acids is 2. The molecule has 2 aromatic rings. The van der Waals surface area contributed by atoms with Gasteiger partial charge in [-0.3, -0.25) is 13.9 Å². The lowest BCUT2D eigenvalue weighted by atomic mass is 10.1. The fraction of sp³-hybridized carbons (Fsp3) is 0.391. The Bertz CT molecular complexity index is 994. The van der Waals surface area contributed by atoms with Gasteiger partial charge in [-0.15, -0.1) is 0 Å². The van der Waals surface area contributed by atoms with Gasteiger partial charge in [0.1, 0.15) is 11.8 Å². The number of hydrogen-bond donors (Lipinski definition) is 1. The van der Waals surface area contributed by atoms with Gasteiger partial charge in [-0.05, 0) is 43.2 Å². The number of ether oxygens (including phenoxy) is 1. The van der Waals surface area contributed by atoms with Crippen molar-refractivity contribution >= 4 is 27.5 Å². The summed E-state index contributed by atoms with van der Waals surface area (Å²) >= 11 is 0. The van der Waals surface area contributed by atoms with Crippen LogP contribution in [0.1, 0.15) is 25.3 Å². The van der Waals surface area contributed by atoms with E-state index in [9.17, 15) is 18.0 Å². The highest BCUT2D eigenvalue weighted by Crippen LogP contribution is 2.22. The number of nitrogens with zero attached hydrogens (tertiary/aromatic N) is 2. The molecule has 9 heteroatoms. The minimum absolute atomic E-state index is 0.107. The molecule has 0 aliphatic carbocycles. The van der Waals surface area contributed by atoms with Crippen LogP contribution in [-0.4, -0.2) is 58.1 Å². The van der Waals surface area contributed by atoms with Crippen molar-refractivity contribution in [1.82, 2.24) is 10.2 Å². The van der Waals surface area contributed by atoms with E-state index in [0.29, 0.717) is 24.4 Å². The summed E-state index contributed by atoms with van der Waals surface area (Å²) in [5.41, 5.74) is 1.41. The number of benzene rings is 2. The summed E-state index contributed by atoms with van der Waals surface area (Å²) in [5, 5.41) is 2.58. The van der Waals surface area contributed by atoms with Gasteiger partial charge < -0.3 is 15.0 Å². The molecule has 0 radical (unpaired) electrons. The molecule has 0 saturated carbocycles. The Morgan fingerprint density at radius 1 is 1.06 bits per heavy atom. The molecule has 1 atom stereocenters. The number of carbonyl (C=O) groups is 2. The number of methoxy groups -OCH3 is 1. The summed E-state index contributed by atoms with van der Waals surface area (Å²) in [6.07, 6.45) is 1.55. The Labute approximate surface area is 190 Å². The van der Waals surface area contributed by atoms with Gasteiger partial charge >= 0.3 is 0 Å². The van der Waals surface area contributed by atoms with Crippen molar-refractivity contribution in [3.63, 3.8) is 0 Å². The van der Waals surface area contributed by atoms with Gasteiger partial charge in [-0.25, -0.2) is 8.42 Å². The molecule has 0 spiro atoms. The van der Waals surface area contributed by atoms with E-state index < -0.39 is 16.1 Å². The molecule has 174 valence electrons. The highest BCUT2D eigenvalue weighted by Gasteiger charge is 2.26. The van der Waals surface area contributed by atoms with Crippen molar-refractivity contribution in [1.29, 1.82) is 0 Å². The van der Waals surface area contributed by atoms with Crippen LogP contribution in [-0.2, 0) is 26.2 Å². The molecule has 0 bridgehead atoms. The summed E-state index contributed by atoms with van der Waals surface area (Å²) in [6, 6.07) is 15.5. The van der Waals surface area contributed by atoms with Gasteiger partial charge in [0.05, 0.1) is 19.1 Å².